The number of amides is 2. The second-order valence-electron chi connectivity index (χ2n) is 6.65. The van der Waals surface area contributed by atoms with Gasteiger partial charge in [0.05, 0.1) is 18.4 Å². The minimum Gasteiger partial charge on any atom is -0.465 e. The van der Waals surface area contributed by atoms with Gasteiger partial charge in [0.1, 0.15) is 10.7 Å². The van der Waals surface area contributed by atoms with Crippen molar-refractivity contribution in [3.63, 3.8) is 0 Å². The first kappa shape index (κ1) is 18.5. The van der Waals surface area contributed by atoms with Crippen LogP contribution in [-0.2, 0) is 14.3 Å². The van der Waals surface area contributed by atoms with Crippen LogP contribution >= 0.6 is 11.6 Å². The highest BCUT2D eigenvalue weighted by molar-refractivity contribution is 6.52. The van der Waals surface area contributed by atoms with Crippen molar-refractivity contribution in [3.05, 3.63) is 40.6 Å². The Morgan fingerprint density at radius 3 is 2.35 bits per heavy atom. The van der Waals surface area contributed by atoms with Crippen molar-refractivity contribution in [1.29, 1.82) is 0 Å². The molecule has 2 unspecified atom stereocenters. The number of carbonyl (C=O) groups excluding carboxylic acids is 3. The minimum absolute atomic E-state index is 0.102. The third kappa shape index (κ3) is 2.88. The molecule has 0 bridgehead atoms. The molecular formula is C19H21ClN2O4. The van der Waals surface area contributed by atoms with Crippen molar-refractivity contribution in [2.45, 2.75) is 45.2 Å². The Morgan fingerprint density at radius 2 is 1.73 bits per heavy atom. The Labute approximate surface area is 157 Å². The van der Waals surface area contributed by atoms with Crippen LogP contribution in [0.25, 0.3) is 0 Å². The van der Waals surface area contributed by atoms with Crippen LogP contribution in [0.2, 0.25) is 0 Å². The normalized spacial score (nSPS) is 23.7. The summed E-state index contributed by atoms with van der Waals surface area (Å²) in [6, 6.07) is 6.56. The van der Waals surface area contributed by atoms with Gasteiger partial charge in [-0.05, 0) is 45.2 Å². The second kappa shape index (κ2) is 7.11. The van der Waals surface area contributed by atoms with Gasteiger partial charge in [0.15, 0.2) is 0 Å². The Kier molecular flexibility index (Phi) is 5.05. The largest absolute Gasteiger partial charge is 0.465 e. The van der Waals surface area contributed by atoms with E-state index in [9.17, 15) is 14.4 Å². The molecule has 0 saturated carbocycles. The van der Waals surface area contributed by atoms with Crippen LogP contribution in [0, 0.1) is 0 Å². The van der Waals surface area contributed by atoms with Gasteiger partial charge in [-0.15, -0.1) is 0 Å². The number of nitrogens with zero attached hydrogens (tertiary/aromatic N) is 2. The topological polar surface area (TPSA) is 66.9 Å². The van der Waals surface area contributed by atoms with Gasteiger partial charge >= 0.3 is 5.97 Å². The molecule has 1 aromatic rings. The number of esters is 1. The minimum atomic E-state index is -0.620. The number of ether oxygens (including phenoxy) is 1. The molecule has 1 aromatic carbocycles. The van der Waals surface area contributed by atoms with Crippen molar-refractivity contribution >= 4 is 35.1 Å². The van der Waals surface area contributed by atoms with Gasteiger partial charge in [-0.1, -0.05) is 23.7 Å². The zero-order valence-corrected chi connectivity index (χ0v) is 15.7. The lowest BCUT2D eigenvalue weighted by Crippen LogP contribution is -2.46. The lowest BCUT2D eigenvalue weighted by Gasteiger charge is -2.41. The highest BCUT2D eigenvalue weighted by atomic mass is 35.5. The Morgan fingerprint density at radius 1 is 1.12 bits per heavy atom. The molecule has 2 heterocycles. The molecule has 3 rings (SSSR count). The van der Waals surface area contributed by atoms with Crippen LogP contribution in [0.15, 0.2) is 35.0 Å². The van der Waals surface area contributed by atoms with E-state index in [1.165, 1.54) is 19.2 Å². The summed E-state index contributed by atoms with van der Waals surface area (Å²) in [6.07, 6.45) is 2.93. The smallest absolute Gasteiger partial charge is 0.339 e. The van der Waals surface area contributed by atoms with Crippen LogP contribution in [0.1, 0.15) is 43.5 Å². The van der Waals surface area contributed by atoms with Gasteiger partial charge in [0.2, 0.25) is 0 Å². The number of benzene rings is 1. The Hall–Kier alpha value is -2.34. The van der Waals surface area contributed by atoms with E-state index in [0.717, 1.165) is 24.2 Å². The maximum absolute atomic E-state index is 13.1. The first-order chi connectivity index (χ1) is 12.4. The molecule has 1 fully saturated rings. The quantitative estimate of drug-likeness (QED) is 0.599. The number of para-hydroxylation sites is 1. The molecule has 7 heteroatoms. The molecule has 0 spiro atoms. The maximum Gasteiger partial charge on any atom is 0.339 e. The maximum atomic E-state index is 13.1. The van der Waals surface area contributed by atoms with Crippen molar-refractivity contribution in [2.24, 2.45) is 0 Å². The Bertz CT molecular complexity index is 794. The summed E-state index contributed by atoms with van der Waals surface area (Å²) >= 11 is 6.31. The summed E-state index contributed by atoms with van der Waals surface area (Å²) in [6.45, 7) is 4.05. The molecule has 138 valence electrons. The lowest BCUT2D eigenvalue weighted by molar-refractivity contribution is -0.121. The van der Waals surface area contributed by atoms with Crippen LogP contribution in [-0.4, -0.2) is 41.9 Å². The molecule has 2 aliphatic heterocycles. The first-order valence-corrected chi connectivity index (χ1v) is 9.00. The molecule has 26 heavy (non-hydrogen) atoms. The summed E-state index contributed by atoms with van der Waals surface area (Å²) in [5.41, 5.74) is 0.540. The number of likely N-dealkylation sites (tertiary alicyclic amines) is 1. The fourth-order valence-corrected chi connectivity index (χ4v) is 4.01. The van der Waals surface area contributed by atoms with Crippen LogP contribution in [0.5, 0.6) is 0 Å². The number of carbonyl (C=O) groups is 3. The number of piperidine rings is 1. The highest BCUT2D eigenvalue weighted by Crippen LogP contribution is 2.37. The average Bonchev–Trinajstić information content (AvgIpc) is 2.84. The van der Waals surface area contributed by atoms with Gasteiger partial charge < -0.3 is 9.64 Å². The van der Waals surface area contributed by atoms with E-state index in [2.05, 4.69) is 0 Å². The number of imide groups is 1. The van der Waals surface area contributed by atoms with Crippen LogP contribution < -0.4 is 4.90 Å². The zero-order valence-electron chi connectivity index (χ0n) is 15.0. The van der Waals surface area contributed by atoms with Crippen molar-refractivity contribution in [3.8, 4) is 0 Å². The van der Waals surface area contributed by atoms with Crippen molar-refractivity contribution < 1.29 is 19.1 Å². The first-order valence-electron chi connectivity index (χ1n) is 8.62. The van der Waals surface area contributed by atoms with Crippen LogP contribution in [0.4, 0.5) is 5.69 Å². The molecular weight excluding hydrogens is 356 g/mol. The number of hydrogen-bond acceptors (Lipinski definition) is 5. The average molecular weight is 377 g/mol. The molecule has 2 atom stereocenters. The van der Waals surface area contributed by atoms with E-state index in [1.807, 2.05) is 18.7 Å². The fourth-order valence-electron chi connectivity index (χ4n) is 3.75. The standard InChI is InChI=1S/C19H21ClN2O4/c1-11-7-6-8-12(2)21(11)16-15(20)17(23)22(18(16)24)14-10-5-4-9-13(14)19(25)26-3/h4-5,9-12H,6-8H2,1-3H3. The number of hydrogen-bond donors (Lipinski definition) is 0. The number of anilines is 1. The third-order valence-electron chi connectivity index (χ3n) is 5.01. The van der Waals surface area contributed by atoms with E-state index >= 15 is 0 Å². The monoisotopic (exact) mass is 376 g/mol. The summed E-state index contributed by atoms with van der Waals surface area (Å²) < 4.78 is 4.77. The van der Waals surface area contributed by atoms with Gasteiger partial charge in [0.25, 0.3) is 11.8 Å². The van der Waals surface area contributed by atoms with Gasteiger partial charge in [-0.3, -0.25) is 9.59 Å². The summed E-state index contributed by atoms with van der Waals surface area (Å²) in [5.74, 6) is -1.74. The molecule has 0 aromatic heterocycles. The van der Waals surface area contributed by atoms with E-state index in [0.29, 0.717) is 0 Å². The number of rotatable bonds is 3. The van der Waals surface area contributed by atoms with E-state index < -0.39 is 17.8 Å². The lowest BCUT2D eigenvalue weighted by atomic mass is 9.96. The van der Waals surface area contributed by atoms with Gasteiger partial charge in [0, 0.05) is 12.1 Å². The van der Waals surface area contributed by atoms with E-state index in [4.69, 9.17) is 16.3 Å². The molecule has 2 amide bonds. The summed E-state index contributed by atoms with van der Waals surface area (Å²) in [4.78, 5) is 40.9. The summed E-state index contributed by atoms with van der Waals surface area (Å²) in [7, 11) is 1.25. The molecule has 6 nitrogen and oxygen atoms in total. The van der Waals surface area contributed by atoms with Crippen LogP contribution in [0.3, 0.4) is 0 Å². The Balaban J connectivity index is 2.04. The highest BCUT2D eigenvalue weighted by Gasteiger charge is 2.45. The molecule has 2 aliphatic rings. The second-order valence-corrected chi connectivity index (χ2v) is 7.03. The predicted octanol–water partition coefficient (Wildman–Crippen LogP) is 3.06. The number of halogens is 1. The zero-order chi connectivity index (χ0) is 19.0. The third-order valence-corrected chi connectivity index (χ3v) is 5.35. The van der Waals surface area contributed by atoms with Crippen molar-refractivity contribution in [2.75, 3.05) is 12.0 Å². The molecule has 0 radical (unpaired) electrons. The van der Waals surface area contributed by atoms with Gasteiger partial charge in [-0.2, -0.15) is 0 Å². The fraction of sp³-hybridized carbons (Fsp3) is 0.421. The molecule has 0 aliphatic carbocycles. The predicted molar refractivity (Wildman–Crippen MR) is 97.8 cm³/mol. The molecule has 0 N–H and O–H groups in total. The number of methoxy groups -OCH3 is 1. The summed E-state index contributed by atoms with van der Waals surface area (Å²) in [5, 5.41) is -0.102. The van der Waals surface area contributed by atoms with Crippen molar-refractivity contribution in [1.82, 2.24) is 4.90 Å². The molecule has 1 saturated heterocycles. The SMILES string of the molecule is COC(=O)c1ccccc1N1C(=O)C(Cl)=C(N2C(C)CCCC2C)C1=O. The van der Waals surface area contributed by atoms with Gasteiger partial charge in [-0.25, -0.2) is 9.69 Å². The van der Waals surface area contributed by atoms with E-state index in [1.54, 1.807) is 12.1 Å². The van der Waals surface area contributed by atoms with E-state index in [-0.39, 0.29) is 34.1 Å².